The normalized spacial score (nSPS) is 11.0. The summed E-state index contributed by atoms with van der Waals surface area (Å²) in [5.74, 6) is 2.07. The summed E-state index contributed by atoms with van der Waals surface area (Å²) < 4.78 is 21.6. The van der Waals surface area contributed by atoms with Crippen LogP contribution in [0.1, 0.15) is 23.6 Å². The molecule has 4 aromatic rings. The Morgan fingerprint density at radius 1 is 0.971 bits per heavy atom. The minimum atomic E-state index is -0.354. The third-order valence-corrected chi connectivity index (χ3v) is 5.60. The van der Waals surface area contributed by atoms with Crippen molar-refractivity contribution in [2.75, 3.05) is 13.7 Å². The predicted molar refractivity (Wildman–Crippen MR) is 127 cm³/mol. The van der Waals surface area contributed by atoms with Crippen LogP contribution in [0, 0.1) is 13.8 Å². The van der Waals surface area contributed by atoms with E-state index in [4.69, 9.17) is 14.2 Å². The number of tetrazole rings is 1. The number of aromatic nitrogens is 6. The van der Waals surface area contributed by atoms with Crippen molar-refractivity contribution in [3.05, 3.63) is 63.6 Å². The van der Waals surface area contributed by atoms with E-state index in [0.29, 0.717) is 29.4 Å². The number of benzene rings is 2. The average molecular weight is 465 g/mol. The lowest BCUT2D eigenvalue weighted by atomic mass is 10.1. The van der Waals surface area contributed by atoms with Gasteiger partial charge in [-0.05, 0) is 67.1 Å². The first-order valence-electron chi connectivity index (χ1n) is 10.9. The first-order chi connectivity index (χ1) is 16.3. The van der Waals surface area contributed by atoms with Crippen molar-refractivity contribution < 1.29 is 14.2 Å². The molecule has 0 fully saturated rings. The molecular formula is C24H28N6O4. The highest BCUT2D eigenvalue weighted by Gasteiger charge is 2.18. The minimum absolute atomic E-state index is 0.180. The van der Waals surface area contributed by atoms with E-state index in [1.165, 1.54) is 9.36 Å². The molecule has 10 nitrogen and oxygen atoms in total. The second-order valence-electron chi connectivity index (χ2n) is 7.86. The van der Waals surface area contributed by atoms with Gasteiger partial charge in [0.15, 0.2) is 0 Å². The van der Waals surface area contributed by atoms with Gasteiger partial charge >= 0.3 is 5.69 Å². The highest BCUT2D eigenvalue weighted by atomic mass is 16.5. The predicted octanol–water partition coefficient (Wildman–Crippen LogP) is 2.97. The molecule has 178 valence electrons. The van der Waals surface area contributed by atoms with Gasteiger partial charge in [0.05, 0.1) is 30.7 Å². The van der Waals surface area contributed by atoms with Crippen LogP contribution in [-0.4, -0.2) is 43.3 Å². The van der Waals surface area contributed by atoms with E-state index < -0.39 is 0 Å². The van der Waals surface area contributed by atoms with Crippen molar-refractivity contribution in [3.63, 3.8) is 0 Å². The van der Waals surface area contributed by atoms with Gasteiger partial charge in [0.2, 0.25) is 5.88 Å². The number of rotatable bonds is 8. The van der Waals surface area contributed by atoms with E-state index in [9.17, 15) is 4.79 Å². The summed E-state index contributed by atoms with van der Waals surface area (Å²) in [5.41, 5.74) is 4.69. The van der Waals surface area contributed by atoms with Crippen molar-refractivity contribution in [1.82, 2.24) is 29.6 Å². The number of methoxy groups -OCH3 is 1. The summed E-state index contributed by atoms with van der Waals surface area (Å²) in [7, 11) is 5.00. The zero-order chi connectivity index (χ0) is 24.4. The van der Waals surface area contributed by atoms with Gasteiger partial charge in [0.1, 0.15) is 18.1 Å². The van der Waals surface area contributed by atoms with Crippen LogP contribution in [0.3, 0.4) is 0 Å². The molecule has 0 unspecified atom stereocenters. The number of hydrogen-bond donors (Lipinski definition) is 0. The zero-order valence-electron chi connectivity index (χ0n) is 20.2. The van der Waals surface area contributed by atoms with E-state index in [0.717, 1.165) is 28.3 Å². The van der Waals surface area contributed by atoms with Gasteiger partial charge in [-0.3, -0.25) is 0 Å². The molecule has 34 heavy (non-hydrogen) atoms. The van der Waals surface area contributed by atoms with Gasteiger partial charge in [0.25, 0.3) is 0 Å². The first kappa shape index (κ1) is 23.1. The van der Waals surface area contributed by atoms with Crippen LogP contribution in [-0.2, 0) is 20.7 Å². The van der Waals surface area contributed by atoms with Crippen molar-refractivity contribution in [1.29, 1.82) is 0 Å². The number of nitrogens with zero attached hydrogens (tertiary/aromatic N) is 6. The Balaban J connectivity index is 1.63. The Labute approximate surface area is 197 Å². The molecular weight excluding hydrogens is 436 g/mol. The molecule has 0 atom stereocenters. The molecule has 2 aromatic carbocycles. The molecule has 0 amide bonds. The third kappa shape index (κ3) is 4.14. The standard InChI is InChI=1S/C24H28N6O4/c1-7-33-23-16(3)22(25-28(23)4)17-11-12-20(15(2)13-17)34-14-18-19(9-8-10-21(18)32-6)30-24(31)29(5)26-27-30/h8-13H,7,14H2,1-6H3. The molecule has 2 heterocycles. The molecule has 2 aromatic heterocycles. The summed E-state index contributed by atoms with van der Waals surface area (Å²) in [4.78, 5) is 12.4. The van der Waals surface area contributed by atoms with Crippen LogP contribution in [0.2, 0.25) is 0 Å². The summed E-state index contributed by atoms with van der Waals surface area (Å²) >= 11 is 0. The van der Waals surface area contributed by atoms with E-state index in [-0.39, 0.29) is 12.3 Å². The quantitative estimate of drug-likeness (QED) is 0.395. The monoisotopic (exact) mass is 464 g/mol. The fourth-order valence-corrected chi connectivity index (χ4v) is 3.89. The van der Waals surface area contributed by atoms with E-state index >= 15 is 0 Å². The highest BCUT2D eigenvalue weighted by Crippen LogP contribution is 2.33. The molecule has 0 bridgehead atoms. The Hall–Kier alpha value is -4.08. The second-order valence-corrected chi connectivity index (χ2v) is 7.86. The fraction of sp³-hybridized carbons (Fsp3) is 0.333. The van der Waals surface area contributed by atoms with Crippen molar-refractivity contribution in [3.8, 4) is 34.3 Å². The lowest BCUT2D eigenvalue weighted by Gasteiger charge is -2.15. The maximum absolute atomic E-state index is 12.4. The Bertz CT molecular complexity index is 1380. The molecule has 0 aliphatic heterocycles. The van der Waals surface area contributed by atoms with Crippen LogP contribution < -0.4 is 19.9 Å². The molecule has 0 aliphatic rings. The van der Waals surface area contributed by atoms with Gasteiger partial charge in [0, 0.05) is 25.2 Å². The average Bonchev–Trinajstić information content (AvgIpc) is 3.31. The molecule has 0 spiro atoms. The summed E-state index contributed by atoms with van der Waals surface area (Å²) in [6.07, 6.45) is 0. The van der Waals surface area contributed by atoms with Gasteiger partial charge in [-0.2, -0.15) is 14.5 Å². The number of ether oxygens (including phenoxy) is 3. The molecule has 4 rings (SSSR count). The van der Waals surface area contributed by atoms with E-state index in [1.54, 1.807) is 31.0 Å². The lowest BCUT2D eigenvalue weighted by Crippen LogP contribution is -2.23. The van der Waals surface area contributed by atoms with Gasteiger partial charge < -0.3 is 14.2 Å². The van der Waals surface area contributed by atoms with E-state index in [2.05, 4.69) is 15.5 Å². The summed E-state index contributed by atoms with van der Waals surface area (Å²) in [6.45, 7) is 6.70. The second kappa shape index (κ2) is 9.42. The molecule has 0 saturated carbocycles. The van der Waals surface area contributed by atoms with Gasteiger partial charge in [-0.1, -0.05) is 6.07 Å². The largest absolute Gasteiger partial charge is 0.496 e. The molecule has 0 aliphatic carbocycles. The summed E-state index contributed by atoms with van der Waals surface area (Å²) in [6, 6.07) is 11.3. The molecule has 0 saturated heterocycles. The molecule has 0 radical (unpaired) electrons. The Kier molecular flexibility index (Phi) is 6.40. The van der Waals surface area contributed by atoms with Crippen molar-refractivity contribution in [2.45, 2.75) is 27.4 Å². The zero-order valence-corrected chi connectivity index (χ0v) is 20.2. The van der Waals surface area contributed by atoms with Crippen molar-refractivity contribution in [2.24, 2.45) is 14.1 Å². The highest BCUT2D eigenvalue weighted by molar-refractivity contribution is 5.67. The maximum Gasteiger partial charge on any atom is 0.368 e. The molecule has 10 heteroatoms. The minimum Gasteiger partial charge on any atom is -0.496 e. The van der Waals surface area contributed by atoms with Crippen LogP contribution in [0.5, 0.6) is 17.4 Å². The summed E-state index contributed by atoms with van der Waals surface area (Å²) in [5, 5.41) is 12.4. The van der Waals surface area contributed by atoms with Crippen LogP contribution >= 0.6 is 0 Å². The van der Waals surface area contributed by atoms with E-state index in [1.807, 2.05) is 52.1 Å². The number of aryl methyl sites for hydroxylation is 3. The SMILES string of the molecule is CCOc1c(C)c(-c2ccc(OCc3c(OC)cccc3-n3nnn(C)c3=O)c(C)c2)nn1C. The smallest absolute Gasteiger partial charge is 0.368 e. The Morgan fingerprint density at radius 3 is 2.41 bits per heavy atom. The third-order valence-electron chi connectivity index (χ3n) is 5.60. The van der Waals surface area contributed by atoms with Crippen LogP contribution in [0.25, 0.3) is 16.9 Å². The topological polar surface area (TPSA) is 98.2 Å². The molecule has 0 N–H and O–H groups in total. The van der Waals surface area contributed by atoms with Gasteiger partial charge in [-0.25, -0.2) is 9.48 Å². The van der Waals surface area contributed by atoms with Gasteiger partial charge in [-0.15, -0.1) is 0 Å². The van der Waals surface area contributed by atoms with Crippen molar-refractivity contribution >= 4 is 0 Å². The lowest BCUT2D eigenvalue weighted by molar-refractivity contribution is 0.294. The van der Waals surface area contributed by atoms with Crippen LogP contribution in [0.15, 0.2) is 41.2 Å². The van der Waals surface area contributed by atoms with Crippen LogP contribution in [0.4, 0.5) is 0 Å². The number of hydrogen-bond acceptors (Lipinski definition) is 7. The Morgan fingerprint density at radius 2 is 1.76 bits per heavy atom. The fourth-order valence-electron chi connectivity index (χ4n) is 3.89. The maximum atomic E-state index is 12.4. The first-order valence-corrected chi connectivity index (χ1v) is 10.9.